The number of guanidine groups is 1. The number of aliphatic imine (C=N–C) groups is 1. The third-order valence-electron chi connectivity index (χ3n) is 5.67. The van der Waals surface area contributed by atoms with Crippen LogP contribution in [0.1, 0.15) is 68.4 Å². The summed E-state index contributed by atoms with van der Waals surface area (Å²) < 4.78 is 7.90. The van der Waals surface area contributed by atoms with E-state index in [0.29, 0.717) is 12.5 Å². The predicted molar refractivity (Wildman–Crippen MR) is 137 cm³/mol. The molecule has 2 aromatic rings. The highest BCUT2D eigenvalue weighted by atomic mass is 127. The number of aromatic nitrogens is 2. The number of furan rings is 1. The Hall–Kier alpha value is -1.55. The van der Waals surface area contributed by atoms with E-state index in [4.69, 9.17) is 9.41 Å². The van der Waals surface area contributed by atoms with Crippen molar-refractivity contribution in [3.05, 3.63) is 41.1 Å². The summed E-state index contributed by atoms with van der Waals surface area (Å²) in [5.74, 6) is 3.30. The summed E-state index contributed by atoms with van der Waals surface area (Å²) in [5, 5.41) is 8.11. The van der Waals surface area contributed by atoms with Gasteiger partial charge in [-0.1, -0.05) is 13.8 Å². The van der Waals surface area contributed by atoms with Crippen molar-refractivity contribution >= 4 is 29.9 Å². The van der Waals surface area contributed by atoms with E-state index in [9.17, 15) is 0 Å². The maximum absolute atomic E-state index is 6.00. The van der Waals surface area contributed by atoms with Crippen molar-refractivity contribution in [3.8, 4) is 0 Å². The van der Waals surface area contributed by atoms with E-state index >= 15 is 0 Å². The van der Waals surface area contributed by atoms with Crippen molar-refractivity contribution in [1.82, 2.24) is 24.9 Å². The first-order valence-electron chi connectivity index (χ1n) is 11.2. The van der Waals surface area contributed by atoms with Crippen LogP contribution in [-0.4, -0.2) is 58.8 Å². The average molecular weight is 543 g/mol. The molecule has 0 saturated carbocycles. The van der Waals surface area contributed by atoms with Crippen molar-refractivity contribution in [3.63, 3.8) is 0 Å². The highest BCUT2D eigenvalue weighted by Crippen LogP contribution is 2.27. The molecule has 174 valence electrons. The lowest BCUT2D eigenvalue weighted by Crippen LogP contribution is -2.39. The third kappa shape index (κ3) is 6.71. The normalized spacial score (nSPS) is 15.9. The van der Waals surface area contributed by atoms with Crippen LogP contribution in [0.2, 0.25) is 0 Å². The second-order valence-corrected chi connectivity index (χ2v) is 8.63. The Morgan fingerprint density at radius 2 is 2.00 bits per heavy atom. The molecule has 7 nitrogen and oxygen atoms in total. The van der Waals surface area contributed by atoms with Gasteiger partial charge in [-0.2, -0.15) is 5.10 Å². The highest BCUT2D eigenvalue weighted by molar-refractivity contribution is 14.0. The summed E-state index contributed by atoms with van der Waals surface area (Å²) in [6.07, 6.45) is 4.62. The van der Waals surface area contributed by atoms with Gasteiger partial charge in [0.25, 0.3) is 0 Å². The van der Waals surface area contributed by atoms with Gasteiger partial charge >= 0.3 is 0 Å². The maximum Gasteiger partial charge on any atom is 0.194 e. The van der Waals surface area contributed by atoms with Crippen molar-refractivity contribution < 1.29 is 4.42 Å². The number of halogens is 1. The molecule has 3 rings (SSSR count). The largest absolute Gasteiger partial charge is 0.465 e. The number of nitrogens with one attached hydrogen (secondary N) is 1. The molecule has 0 bridgehead atoms. The molecule has 1 fully saturated rings. The number of aryl methyl sites for hydroxylation is 2. The van der Waals surface area contributed by atoms with E-state index in [1.807, 2.05) is 18.7 Å². The van der Waals surface area contributed by atoms with E-state index in [1.165, 1.54) is 18.4 Å². The van der Waals surface area contributed by atoms with E-state index in [2.05, 4.69) is 66.4 Å². The van der Waals surface area contributed by atoms with Crippen LogP contribution in [0, 0.1) is 6.92 Å². The zero-order chi connectivity index (χ0) is 21.7. The number of hydrogen-bond donors (Lipinski definition) is 1. The van der Waals surface area contributed by atoms with Gasteiger partial charge in [0.15, 0.2) is 5.96 Å². The number of nitrogens with zero attached hydrogens (tertiary/aromatic N) is 5. The van der Waals surface area contributed by atoms with Crippen molar-refractivity contribution in [2.45, 2.75) is 59.0 Å². The fourth-order valence-corrected chi connectivity index (χ4v) is 4.21. The maximum atomic E-state index is 6.00. The van der Waals surface area contributed by atoms with Gasteiger partial charge in [0.05, 0.1) is 18.3 Å². The van der Waals surface area contributed by atoms with Crippen LogP contribution in [0.3, 0.4) is 0 Å². The zero-order valence-electron chi connectivity index (χ0n) is 19.9. The van der Waals surface area contributed by atoms with Gasteiger partial charge in [-0.3, -0.25) is 14.6 Å². The minimum Gasteiger partial charge on any atom is -0.465 e. The Morgan fingerprint density at radius 1 is 1.29 bits per heavy atom. The lowest BCUT2D eigenvalue weighted by molar-refractivity contribution is 0.218. The Labute approximate surface area is 204 Å². The molecule has 1 aliphatic heterocycles. The summed E-state index contributed by atoms with van der Waals surface area (Å²) in [5.41, 5.74) is 2.40. The van der Waals surface area contributed by atoms with Crippen LogP contribution in [0.4, 0.5) is 0 Å². The minimum absolute atomic E-state index is 0. The zero-order valence-corrected chi connectivity index (χ0v) is 22.2. The summed E-state index contributed by atoms with van der Waals surface area (Å²) in [7, 11) is 4.08. The molecular weight excluding hydrogens is 503 g/mol. The van der Waals surface area contributed by atoms with Gasteiger partial charge in [-0.05, 0) is 57.8 Å². The lowest BCUT2D eigenvalue weighted by atomic mass is 10.1. The van der Waals surface area contributed by atoms with E-state index in [1.54, 1.807) is 0 Å². The van der Waals surface area contributed by atoms with E-state index in [0.717, 1.165) is 49.4 Å². The molecule has 1 unspecified atom stereocenters. The van der Waals surface area contributed by atoms with Gasteiger partial charge in [-0.25, -0.2) is 0 Å². The molecule has 0 aliphatic carbocycles. The topological polar surface area (TPSA) is 61.8 Å². The summed E-state index contributed by atoms with van der Waals surface area (Å²) in [6, 6.07) is 4.34. The monoisotopic (exact) mass is 542 g/mol. The molecule has 1 N–H and O–H groups in total. The Balaban J connectivity index is 0.00000341. The number of likely N-dealkylation sites (tertiary alicyclic amines) is 1. The van der Waals surface area contributed by atoms with E-state index in [-0.39, 0.29) is 30.0 Å². The molecule has 3 heterocycles. The fourth-order valence-electron chi connectivity index (χ4n) is 4.21. The number of rotatable bonds is 8. The molecule has 1 atom stereocenters. The van der Waals surface area contributed by atoms with E-state index < -0.39 is 0 Å². The predicted octanol–water partition coefficient (Wildman–Crippen LogP) is 4.30. The Bertz CT molecular complexity index is 837. The highest BCUT2D eigenvalue weighted by Gasteiger charge is 2.26. The minimum atomic E-state index is 0. The molecular formula is C23H39IN6O. The molecule has 0 amide bonds. The quantitative estimate of drug-likeness (QED) is 0.306. The lowest BCUT2D eigenvalue weighted by Gasteiger charge is -2.26. The summed E-state index contributed by atoms with van der Waals surface area (Å²) in [6.45, 7) is 13.0. The molecule has 0 radical (unpaired) electrons. The van der Waals surface area contributed by atoms with Crippen LogP contribution in [0.15, 0.2) is 27.7 Å². The van der Waals surface area contributed by atoms with Gasteiger partial charge in [0, 0.05) is 38.9 Å². The molecule has 0 spiro atoms. The summed E-state index contributed by atoms with van der Waals surface area (Å²) in [4.78, 5) is 9.72. The molecule has 1 saturated heterocycles. The molecule has 31 heavy (non-hydrogen) atoms. The molecule has 2 aromatic heterocycles. The van der Waals surface area contributed by atoms with Crippen LogP contribution >= 0.6 is 24.0 Å². The van der Waals surface area contributed by atoms with Gasteiger partial charge in [0.2, 0.25) is 0 Å². The fraction of sp³-hybridized carbons (Fsp3) is 0.652. The van der Waals surface area contributed by atoms with Crippen molar-refractivity contribution in [2.24, 2.45) is 12.0 Å². The first-order chi connectivity index (χ1) is 14.4. The van der Waals surface area contributed by atoms with Crippen molar-refractivity contribution in [2.75, 3.05) is 33.2 Å². The molecule has 0 aromatic carbocycles. The third-order valence-corrected chi connectivity index (χ3v) is 5.67. The Morgan fingerprint density at radius 3 is 2.58 bits per heavy atom. The first-order valence-corrected chi connectivity index (χ1v) is 11.2. The van der Waals surface area contributed by atoms with Gasteiger partial charge in [-0.15, -0.1) is 24.0 Å². The van der Waals surface area contributed by atoms with Crippen LogP contribution in [0.5, 0.6) is 0 Å². The molecule has 1 aliphatic rings. The second kappa shape index (κ2) is 11.9. The SMILES string of the molecule is CCNC(=NCC(c1ccc(C)o1)N1CCCC1)N(C)Cc1cn(C)nc1C(C)C.I. The van der Waals surface area contributed by atoms with Crippen LogP contribution in [-0.2, 0) is 13.6 Å². The van der Waals surface area contributed by atoms with Gasteiger partial charge < -0.3 is 14.6 Å². The summed E-state index contributed by atoms with van der Waals surface area (Å²) >= 11 is 0. The average Bonchev–Trinajstić information content (AvgIpc) is 3.43. The molecule has 8 heteroatoms. The van der Waals surface area contributed by atoms with Crippen LogP contribution in [0.25, 0.3) is 0 Å². The second-order valence-electron chi connectivity index (χ2n) is 8.63. The van der Waals surface area contributed by atoms with Gasteiger partial charge in [0.1, 0.15) is 11.5 Å². The number of hydrogen-bond acceptors (Lipinski definition) is 4. The van der Waals surface area contributed by atoms with Crippen LogP contribution < -0.4 is 5.32 Å². The Kier molecular flexibility index (Phi) is 9.87. The van der Waals surface area contributed by atoms with Crippen molar-refractivity contribution in [1.29, 1.82) is 0 Å². The smallest absolute Gasteiger partial charge is 0.194 e. The first kappa shape index (κ1) is 25.7. The standard InChI is InChI=1S/C23H38N6O.HI/c1-7-24-23(27(5)15-19-16-28(6)26-22(19)17(2)3)25-14-20(29-12-8-9-13-29)21-11-10-18(4)30-21;/h10-11,16-17,20H,7-9,12-15H2,1-6H3,(H,24,25);1H.